The molecule has 0 bridgehead atoms. The number of carbonyl (C=O) groups is 3. The molecule has 0 saturated heterocycles. The van der Waals surface area contributed by atoms with E-state index in [1.165, 1.54) is 24.3 Å². The fourth-order valence-electron chi connectivity index (χ4n) is 2.72. The molecule has 0 atom stereocenters. The van der Waals surface area contributed by atoms with E-state index in [4.69, 9.17) is 27.9 Å². The molecule has 0 unspecified atom stereocenters. The number of benzene rings is 3. The number of halogens is 2. The Morgan fingerprint density at radius 2 is 1.48 bits per heavy atom. The van der Waals surface area contributed by atoms with Crippen molar-refractivity contribution in [3.8, 4) is 0 Å². The second-order valence-electron chi connectivity index (χ2n) is 6.36. The maximum Gasteiger partial charge on any atom is 0.339 e. The van der Waals surface area contributed by atoms with Gasteiger partial charge in [-0.05, 0) is 31.2 Å². The number of aryl methyl sites for hydroxylation is 1. The number of ether oxygens (including phenoxy) is 1. The smallest absolute Gasteiger partial charge is 0.339 e. The van der Waals surface area contributed by atoms with Crippen molar-refractivity contribution in [3.63, 3.8) is 0 Å². The lowest BCUT2D eigenvalue weighted by molar-refractivity contribution is 0.0473. The first-order chi connectivity index (χ1) is 13.9. The lowest BCUT2D eigenvalue weighted by Crippen LogP contribution is -2.17. The number of Topliss-reactive ketones (excluding diaryl/α,β-unsaturated/α-hetero) is 1. The van der Waals surface area contributed by atoms with Crippen molar-refractivity contribution >= 4 is 40.7 Å². The summed E-state index contributed by atoms with van der Waals surface area (Å²) < 4.78 is 5.14. The summed E-state index contributed by atoms with van der Waals surface area (Å²) in [5.41, 5.74) is 1.98. The molecule has 0 aliphatic heterocycles. The molecule has 0 N–H and O–H groups in total. The number of rotatable bonds is 6. The van der Waals surface area contributed by atoms with E-state index in [2.05, 4.69) is 0 Å². The molecule has 3 rings (SSSR count). The summed E-state index contributed by atoms with van der Waals surface area (Å²) in [5.74, 6) is -1.54. The number of hydrogen-bond acceptors (Lipinski definition) is 4. The molecule has 0 aliphatic carbocycles. The third-order valence-electron chi connectivity index (χ3n) is 4.27. The molecule has 6 heteroatoms. The minimum Gasteiger partial charge on any atom is -0.454 e. The molecule has 0 saturated carbocycles. The maximum absolute atomic E-state index is 12.8. The topological polar surface area (TPSA) is 60.4 Å². The molecule has 3 aromatic carbocycles. The Hall–Kier alpha value is -2.95. The van der Waals surface area contributed by atoms with Crippen molar-refractivity contribution in [3.05, 3.63) is 105 Å². The van der Waals surface area contributed by atoms with Gasteiger partial charge in [0.2, 0.25) is 5.78 Å². The number of ketones is 2. The molecule has 0 amide bonds. The monoisotopic (exact) mass is 426 g/mol. The second-order valence-corrected chi connectivity index (χ2v) is 7.21. The number of carbonyl (C=O) groups excluding carboxylic acids is 3. The quantitative estimate of drug-likeness (QED) is 0.381. The van der Waals surface area contributed by atoms with Crippen LogP contribution in [0.1, 0.15) is 42.2 Å². The average Bonchev–Trinajstić information content (AvgIpc) is 2.72. The summed E-state index contributed by atoms with van der Waals surface area (Å²) in [5, 5.41) is 0.570. The third-order valence-corrected chi connectivity index (χ3v) is 4.82. The molecule has 0 heterocycles. The van der Waals surface area contributed by atoms with Crippen LogP contribution >= 0.6 is 23.2 Å². The number of esters is 1. The summed E-state index contributed by atoms with van der Waals surface area (Å²) in [7, 11) is 0. The van der Waals surface area contributed by atoms with Crippen molar-refractivity contribution in [1.29, 1.82) is 0 Å². The van der Waals surface area contributed by atoms with Crippen molar-refractivity contribution < 1.29 is 19.1 Å². The highest BCUT2D eigenvalue weighted by atomic mass is 35.5. The Kier molecular flexibility index (Phi) is 6.47. The molecule has 0 fully saturated rings. The van der Waals surface area contributed by atoms with E-state index in [1.807, 2.05) is 19.1 Å². The third kappa shape index (κ3) is 4.91. The first-order valence-corrected chi connectivity index (χ1v) is 9.48. The zero-order valence-corrected chi connectivity index (χ0v) is 17.0. The van der Waals surface area contributed by atoms with E-state index in [9.17, 15) is 14.4 Å². The highest BCUT2D eigenvalue weighted by Gasteiger charge is 2.20. The summed E-state index contributed by atoms with van der Waals surface area (Å²) in [6.45, 7) is 1.41. The van der Waals surface area contributed by atoms with Crippen LogP contribution in [0.3, 0.4) is 0 Å². The zero-order chi connectivity index (χ0) is 21.0. The molecular formula is C23H16Cl2O4. The van der Waals surface area contributed by atoms with Gasteiger partial charge in [0.25, 0.3) is 0 Å². The normalized spacial score (nSPS) is 10.4. The van der Waals surface area contributed by atoms with Crippen molar-refractivity contribution in [2.45, 2.75) is 6.92 Å². The molecule has 0 radical (unpaired) electrons. The summed E-state index contributed by atoms with van der Waals surface area (Å²) in [6.07, 6.45) is 0. The Morgan fingerprint density at radius 1 is 0.828 bits per heavy atom. The minimum absolute atomic E-state index is 0.0908. The van der Waals surface area contributed by atoms with Crippen LogP contribution in [0, 0.1) is 6.92 Å². The van der Waals surface area contributed by atoms with Crippen molar-refractivity contribution in [1.82, 2.24) is 0 Å². The largest absolute Gasteiger partial charge is 0.454 e. The lowest BCUT2D eigenvalue weighted by atomic mass is 9.98. The summed E-state index contributed by atoms with van der Waals surface area (Å²) in [4.78, 5) is 37.7. The first kappa shape index (κ1) is 20.8. The number of hydrogen-bond donors (Lipinski definition) is 0. The van der Waals surface area contributed by atoms with Gasteiger partial charge in [0, 0.05) is 21.7 Å². The minimum atomic E-state index is -0.764. The summed E-state index contributed by atoms with van der Waals surface area (Å²) >= 11 is 11.8. The Balaban J connectivity index is 1.77. The highest BCUT2D eigenvalue weighted by Crippen LogP contribution is 2.22. The van der Waals surface area contributed by atoms with Crippen LogP contribution in [-0.4, -0.2) is 24.1 Å². The van der Waals surface area contributed by atoms with Crippen molar-refractivity contribution in [2.24, 2.45) is 0 Å². The standard InChI is InChI=1S/C23H16Cl2O4/c1-14-6-8-15(9-7-14)22(27)17-4-2-3-5-18(17)23(28)29-13-21(26)19-11-10-16(24)12-20(19)25/h2-12H,13H2,1H3. The van der Waals surface area contributed by atoms with E-state index < -0.39 is 18.4 Å². The SMILES string of the molecule is Cc1ccc(C(=O)c2ccccc2C(=O)OCC(=O)c2ccc(Cl)cc2Cl)cc1. The van der Waals surface area contributed by atoms with Crippen LogP contribution in [0.5, 0.6) is 0 Å². The van der Waals surface area contributed by atoms with Crippen molar-refractivity contribution in [2.75, 3.05) is 6.61 Å². The van der Waals surface area contributed by atoms with Gasteiger partial charge >= 0.3 is 5.97 Å². The van der Waals surface area contributed by atoms with Gasteiger partial charge in [-0.3, -0.25) is 9.59 Å². The zero-order valence-electron chi connectivity index (χ0n) is 15.4. The van der Waals surface area contributed by atoms with Gasteiger partial charge in [0.15, 0.2) is 12.4 Å². The van der Waals surface area contributed by atoms with Gasteiger partial charge in [-0.1, -0.05) is 71.2 Å². The Labute approximate surface area is 178 Å². The fraction of sp³-hybridized carbons (Fsp3) is 0.0870. The van der Waals surface area contributed by atoms with Gasteiger partial charge in [0.05, 0.1) is 10.6 Å². The fourth-order valence-corrected chi connectivity index (χ4v) is 3.24. The molecule has 0 aromatic heterocycles. The van der Waals surface area contributed by atoms with E-state index >= 15 is 0 Å². The molecular weight excluding hydrogens is 411 g/mol. The molecule has 3 aromatic rings. The predicted molar refractivity (Wildman–Crippen MR) is 112 cm³/mol. The second kappa shape index (κ2) is 9.03. The van der Waals surface area contributed by atoms with E-state index in [-0.39, 0.29) is 27.5 Å². The molecule has 0 aliphatic rings. The van der Waals surface area contributed by atoms with Gasteiger partial charge in [-0.15, -0.1) is 0 Å². The average molecular weight is 427 g/mol. The highest BCUT2D eigenvalue weighted by molar-refractivity contribution is 6.36. The van der Waals surface area contributed by atoms with E-state index in [1.54, 1.807) is 30.3 Å². The molecule has 146 valence electrons. The van der Waals surface area contributed by atoms with Crippen LogP contribution in [-0.2, 0) is 4.74 Å². The molecule has 4 nitrogen and oxygen atoms in total. The van der Waals surface area contributed by atoms with Gasteiger partial charge < -0.3 is 4.74 Å². The Morgan fingerprint density at radius 3 is 2.14 bits per heavy atom. The first-order valence-electron chi connectivity index (χ1n) is 8.72. The lowest BCUT2D eigenvalue weighted by Gasteiger charge is -2.10. The Bertz CT molecular complexity index is 1090. The van der Waals surface area contributed by atoms with Crippen LogP contribution in [0.4, 0.5) is 0 Å². The van der Waals surface area contributed by atoms with E-state index in [0.717, 1.165) is 5.56 Å². The maximum atomic E-state index is 12.8. The molecule has 0 spiro atoms. The predicted octanol–water partition coefficient (Wildman–Crippen LogP) is 5.57. The van der Waals surface area contributed by atoms with Gasteiger partial charge in [0.1, 0.15) is 0 Å². The van der Waals surface area contributed by atoms with E-state index in [0.29, 0.717) is 10.6 Å². The van der Waals surface area contributed by atoms with Crippen LogP contribution in [0.15, 0.2) is 66.7 Å². The van der Waals surface area contributed by atoms with Crippen LogP contribution in [0.25, 0.3) is 0 Å². The van der Waals surface area contributed by atoms with Crippen LogP contribution in [0.2, 0.25) is 10.0 Å². The van der Waals surface area contributed by atoms with Crippen LogP contribution < -0.4 is 0 Å². The molecule has 29 heavy (non-hydrogen) atoms. The summed E-state index contributed by atoms with van der Waals surface area (Å²) in [6, 6.07) is 17.8. The van der Waals surface area contributed by atoms with Gasteiger partial charge in [-0.25, -0.2) is 4.79 Å². The van der Waals surface area contributed by atoms with Gasteiger partial charge in [-0.2, -0.15) is 0 Å².